The molecule has 5 heteroatoms. The Kier molecular flexibility index (Phi) is 4.07. The molecule has 0 atom stereocenters. The van der Waals surface area contributed by atoms with E-state index in [-0.39, 0.29) is 5.91 Å². The molecule has 0 saturated heterocycles. The Bertz CT molecular complexity index is 889. The molecule has 0 bridgehead atoms. The highest BCUT2D eigenvalue weighted by molar-refractivity contribution is 6.05. The number of carbonyl (C=O) groups is 1. The van der Waals surface area contributed by atoms with Gasteiger partial charge in [0.2, 0.25) is 5.89 Å². The number of para-hydroxylation sites is 1. The first-order valence-corrected chi connectivity index (χ1v) is 8.31. The zero-order chi connectivity index (χ0) is 17.2. The van der Waals surface area contributed by atoms with Gasteiger partial charge < -0.3 is 14.2 Å². The lowest BCUT2D eigenvalue weighted by Crippen LogP contribution is -2.35. The van der Waals surface area contributed by atoms with Crippen LogP contribution in [0.25, 0.3) is 11.5 Å². The van der Waals surface area contributed by atoms with Gasteiger partial charge in [-0.1, -0.05) is 36.4 Å². The number of benzene rings is 2. The monoisotopic (exact) mass is 333 g/mol. The second-order valence-electron chi connectivity index (χ2n) is 6.23. The quantitative estimate of drug-likeness (QED) is 0.721. The highest BCUT2D eigenvalue weighted by atomic mass is 16.3. The molecule has 4 rings (SSSR count). The van der Waals surface area contributed by atoms with Crippen LogP contribution in [0.5, 0.6) is 0 Å². The first kappa shape index (κ1) is 15.6. The summed E-state index contributed by atoms with van der Waals surface area (Å²) in [5.41, 5.74) is 3.28. The average Bonchev–Trinajstić information content (AvgIpc) is 3.07. The molecule has 0 spiro atoms. The van der Waals surface area contributed by atoms with Crippen molar-refractivity contribution in [2.24, 2.45) is 0 Å². The zero-order valence-electron chi connectivity index (χ0n) is 14.1. The summed E-state index contributed by atoms with van der Waals surface area (Å²) in [4.78, 5) is 21.5. The molecule has 0 unspecified atom stereocenters. The maximum absolute atomic E-state index is 13.1. The molecule has 0 N–H and O–H groups in total. The van der Waals surface area contributed by atoms with Crippen LogP contribution < -0.4 is 4.90 Å². The van der Waals surface area contributed by atoms with Gasteiger partial charge >= 0.3 is 0 Å². The van der Waals surface area contributed by atoms with Gasteiger partial charge in [-0.2, -0.15) is 0 Å². The zero-order valence-corrected chi connectivity index (χ0v) is 14.1. The lowest BCUT2D eigenvalue weighted by molar-refractivity contribution is 0.0981. The summed E-state index contributed by atoms with van der Waals surface area (Å²) in [6, 6.07) is 17.6. The average molecular weight is 333 g/mol. The van der Waals surface area contributed by atoms with Crippen molar-refractivity contribution >= 4 is 11.6 Å². The second kappa shape index (κ2) is 6.53. The predicted octanol–water partition coefficient (Wildman–Crippen LogP) is 3.43. The molecular weight excluding hydrogens is 314 g/mol. The molecule has 0 fully saturated rings. The summed E-state index contributed by atoms with van der Waals surface area (Å²) < 4.78 is 5.53. The Morgan fingerprint density at radius 3 is 2.64 bits per heavy atom. The van der Waals surface area contributed by atoms with Crippen molar-refractivity contribution in [2.45, 2.75) is 6.54 Å². The molecule has 2 aromatic carbocycles. The topological polar surface area (TPSA) is 49.6 Å². The Labute approximate surface area is 146 Å². The number of rotatable bonds is 2. The van der Waals surface area contributed by atoms with Crippen molar-refractivity contribution in [1.82, 2.24) is 9.88 Å². The second-order valence-corrected chi connectivity index (χ2v) is 6.23. The van der Waals surface area contributed by atoms with Gasteiger partial charge in [-0.05, 0) is 30.8 Å². The van der Waals surface area contributed by atoms with E-state index in [4.69, 9.17) is 4.42 Å². The van der Waals surface area contributed by atoms with Crippen LogP contribution in [0.2, 0.25) is 0 Å². The van der Waals surface area contributed by atoms with E-state index < -0.39 is 0 Å². The molecule has 1 aliphatic heterocycles. The highest BCUT2D eigenvalue weighted by Gasteiger charge is 2.26. The number of carbonyl (C=O) groups excluding carboxylic acids is 1. The van der Waals surface area contributed by atoms with Crippen LogP contribution in [-0.2, 0) is 6.54 Å². The van der Waals surface area contributed by atoms with E-state index in [1.54, 1.807) is 4.90 Å². The first-order chi connectivity index (χ1) is 12.2. The molecule has 2 heterocycles. The van der Waals surface area contributed by atoms with Crippen molar-refractivity contribution in [3.63, 3.8) is 0 Å². The number of nitrogens with zero attached hydrogens (tertiary/aromatic N) is 3. The normalized spacial score (nSPS) is 14.8. The van der Waals surface area contributed by atoms with Gasteiger partial charge in [0.15, 0.2) is 5.69 Å². The number of hydrogen-bond donors (Lipinski definition) is 0. The Morgan fingerprint density at radius 1 is 1.04 bits per heavy atom. The molecule has 126 valence electrons. The van der Waals surface area contributed by atoms with Gasteiger partial charge in [-0.3, -0.25) is 4.79 Å². The molecule has 0 radical (unpaired) electrons. The molecule has 1 aliphatic rings. The fraction of sp³-hybridized carbons (Fsp3) is 0.200. The number of aromatic nitrogens is 1. The van der Waals surface area contributed by atoms with E-state index in [2.05, 4.69) is 23.0 Å². The molecule has 5 nitrogen and oxygen atoms in total. The van der Waals surface area contributed by atoms with Gasteiger partial charge in [0, 0.05) is 30.9 Å². The predicted molar refractivity (Wildman–Crippen MR) is 96.4 cm³/mol. The molecule has 0 aliphatic carbocycles. The molecule has 1 aromatic heterocycles. The summed E-state index contributed by atoms with van der Waals surface area (Å²) in [5, 5.41) is 0. The third-order valence-corrected chi connectivity index (χ3v) is 4.42. The fourth-order valence-electron chi connectivity index (χ4n) is 3.10. The van der Waals surface area contributed by atoms with Crippen LogP contribution in [0, 0.1) is 0 Å². The summed E-state index contributed by atoms with van der Waals surface area (Å²) in [7, 11) is 2.06. The van der Waals surface area contributed by atoms with Crippen molar-refractivity contribution in [2.75, 3.05) is 25.0 Å². The van der Waals surface area contributed by atoms with Crippen LogP contribution >= 0.6 is 0 Å². The lowest BCUT2D eigenvalue weighted by Gasteiger charge is -2.21. The van der Waals surface area contributed by atoms with Crippen LogP contribution in [0.15, 0.2) is 65.3 Å². The van der Waals surface area contributed by atoms with E-state index in [1.165, 1.54) is 6.26 Å². The van der Waals surface area contributed by atoms with Crippen molar-refractivity contribution in [3.05, 3.63) is 72.1 Å². The Balaban J connectivity index is 1.66. The van der Waals surface area contributed by atoms with E-state index >= 15 is 0 Å². The maximum Gasteiger partial charge on any atom is 0.280 e. The smallest absolute Gasteiger partial charge is 0.280 e. The van der Waals surface area contributed by atoms with E-state index in [0.29, 0.717) is 18.1 Å². The summed E-state index contributed by atoms with van der Waals surface area (Å²) in [6.45, 7) is 2.26. The Morgan fingerprint density at radius 2 is 1.80 bits per heavy atom. The minimum Gasteiger partial charge on any atom is -0.444 e. The number of anilines is 1. The number of oxazole rings is 1. The standard InChI is InChI=1S/C20H19N3O2/c1-22-11-12-23(18-10-6-5-9-16(18)13-22)20(24)17-14-25-19(21-17)15-7-3-2-4-8-15/h2-10,14H,11-13H2,1H3. The third kappa shape index (κ3) is 3.06. The minimum atomic E-state index is -0.131. The van der Waals surface area contributed by atoms with Crippen LogP contribution in [0.3, 0.4) is 0 Å². The van der Waals surface area contributed by atoms with Crippen LogP contribution in [0.4, 0.5) is 5.69 Å². The first-order valence-electron chi connectivity index (χ1n) is 8.31. The van der Waals surface area contributed by atoms with Crippen LogP contribution in [-0.4, -0.2) is 35.9 Å². The summed E-state index contributed by atoms with van der Waals surface area (Å²) in [5.74, 6) is 0.331. The number of fused-ring (bicyclic) bond motifs is 1. The fourth-order valence-corrected chi connectivity index (χ4v) is 3.10. The van der Waals surface area contributed by atoms with Gasteiger partial charge in [0.1, 0.15) is 6.26 Å². The third-order valence-electron chi connectivity index (χ3n) is 4.42. The van der Waals surface area contributed by atoms with Gasteiger partial charge in [0.25, 0.3) is 5.91 Å². The SMILES string of the molecule is CN1CCN(C(=O)c2coc(-c3ccccc3)n2)c2ccccc2C1. The van der Waals surface area contributed by atoms with E-state index in [9.17, 15) is 4.79 Å². The van der Waals surface area contributed by atoms with Crippen LogP contribution in [0.1, 0.15) is 16.1 Å². The number of hydrogen-bond acceptors (Lipinski definition) is 4. The maximum atomic E-state index is 13.1. The van der Waals surface area contributed by atoms with Crippen molar-refractivity contribution in [3.8, 4) is 11.5 Å². The Hall–Kier alpha value is -2.92. The largest absolute Gasteiger partial charge is 0.444 e. The number of amides is 1. The summed E-state index contributed by atoms with van der Waals surface area (Å²) >= 11 is 0. The molecule has 25 heavy (non-hydrogen) atoms. The van der Waals surface area contributed by atoms with Crippen molar-refractivity contribution in [1.29, 1.82) is 0 Å². The van der Waals surface area contributed by atoms with Gasteiger partial charge in [0.05, 0.1) is 0 Å². The van der Waals surface area contributed by atoms with E-state index in [1.807, 2.05) is 48.5 Å². The lowest BCUT2D eigenvalue weighted by atomic mass is 10.1. The summed E-state index contributed by atoms with van der Waals surface area (Å²) in [6.07, 6.45) is 1.45. The molecule has 0 saturated carbocycles. The molecular formula is C20H19N3O2. The highest BCUT2D eigenvalue weighted by Crippen LogP contribution is 2.26. The molecule has 1 amide bonds. The molecule has 3 aromatic rings. The number of likely N-dealkylation sites (N-methyl/N-ethyl adjacent to an activating group) is 1. The van der Waals surface area contributed by atoms with Gasteiger partial charge in [-0.25, -0.2) is 4.98 Å². The van der Waals surface area contributed by atoms with E-state index in [0.717, 1.165) is 29.9 Å². The van der Waals surface area contributed by atoms with Crippen molar-refractivity contribution < 1.29 is 9.21 Å². The minimum absolute atomic E-state index is 0.131. The van der Waals surface area contributed by atoms with Gasteiger partial charge in [-0.15, -0.1) is 0 Å².